The van der Waals surface area contributed by atoms with Crippen molar-refractivity contribution in [1.82, 2.24) is 5.32 Å². The van der Waals surface area contributed by atoms with Gasteiger partial charge in [0.05, 0.1) is 6.54 Å². The largest absolute Gasteiger partial charge is 0.465 e. The number of nitrogens with one attached hydrogen (secondary N) is 1. The van der Waals surface area contributed by atoms with E-state index < -0.39 is 0 Å². The highest BCUT2D eigenvalue weighted by Crippen LogP contribution is 2.16. The highest BCUT2D eigenvalue weighted by molar-refractivity contribution is 8.13. The van der Waals surface area contributed by atoms with E-state index >= 15 is 0 Å². The van der Waals surface area contributed by atoms with E-state index in [0.29, 0.717) is 5.92 Å². The molecule has 1 aromatic rings. The number of thioether (sulfide) groups is 1. The van der Waals surface area contributed by atoms with Crippen LogP contribution in [-0.2, 0) is 6.54 Å². The van der Waals surface area contributed by atoms with Crippen molar-refractivity contribution >= 4 is 16.9 Å². The average Bonchev–Trinajstić information content (AvgIpc) is 2.64. The van der Waals surface area contributed by atoms with E-state index in [1.54, 1.807) is 11.8 Å². The second-order valence-corrected chi connectivity index (χ2v) is 4.94. The van der Waals surface area contributed by atoms with Crippen LogP contribution >= 0.6 is 11.8 Å². The van der Waals surface area contributed by atoms with Gasteiger partial charge in [-0.05, 0) is 25.0 Å². The van der Waals surface area contributed by atoms with Crippen molar-refractivity contribution in [1.29, 1.82) is 0 Å². The SMILES string of the molecule is Cc1ccc(CNC2=NCC(C)CS2)o1. The summed E-state index contributed by atoms with van der Waals surface area (Å²) in [4.78, 5) is 4.46. The summed E-state index contributed by atoms with van der Waals surface area (Å²) in [5, 5.41) is 4.33. The molecule has 0 bridgehead atoms. The van der Waals surface area contributed by atoms with Crippen LogP contribution in [0.25, 0.3) is 0 Å². The van der Waals surface area contributed by atoms with Crippen molar-refractivity contribution < 1.29 is 4.42 Å². The Morgan fingerprint density at radius 2 is 2.47 bits per heavy atom. The number of hydrogen-bond donors (Lipinski definition) is 1. The molecule has 0 saturated carbocycles. The molecule has 1 aromatic heterocycles. The third-order valence-corrected chi connectivity index (χ3v) is 3.54. The van der Waals surface area contributed by atoms with Gasteiger partial charge < -0.3 is 9.73 Å². The minimum atomic E-state index is 0.700. The molecule has 1 unspecified atom stereocenters. The molecule has 0 aliphatic carbocycles. The predicted octanol–water partition coefficient (Wildman–Crippen LogP) is 2.42. The Labute approximate surface area is 94.3 Å². The second kappa shape index (κ2) is 4.75. The van der Waals surface area contributed by atoms with Gasteiger partial charge in [0, 0.05) is 12.3 Å². The van der Waals surface area contributed by atoms with Crippen LogP contribution in [0.15, 0.2) is 21.5 Å². The van der Waals surface area contributed by atoms with E-state index in [4.69, 9.17) is 4.42 Å². The molecule has 0 radical (unpaired) electrons. The van der Waals surface area contributed by atoms with Gasteiger partial charge in [0.15, 0.2) is 5.17 Å². The number of aryl methyl sites for hydroxylation is 1. The number of furan rings is 1. The summed E-state index contributed by atoms with van der Waals surface area (Å²) in [6.45, 7) is 5.85. The van der Waals surface area contributed by atoms with Crippen molar-refractivity contribution in [2.24, 2.45) is 10.9 Å². The summed E-state index contributed by atoms with van der Waals surface area (Å²) in [6, 6.07) is 3.98. The van der Waals surface area contributed by atoms with Gasteiger partial charge in [-0.3, -0.25) is 4.99 Å². The van der Waals surface area contributed by atoms with Crippen LogP contribution in [0.1, 0.15) is 18.4 Å². The normalized spacial score (nSPS) is 21.2. The smallest absolute Gasteiger partial charge is 0.156 e. The molecule has 2 heterocycles. The topological polar surface area (TPSA) is 37.5 Å². The standard InChI is InChI=1S/C11H16N2OS/c1-8-5-12-11(15-7-8)13-6-10-4-3-9(2)14-10/h3-4,8H,5-7H2,1-2H3,(H,12,13). The molecule has 1 atom stereocenters. The van der Waals surface area contributed by atoms with Gasteiger partial charge in [-0.1, -0.05) is 18.7 Å². The van der Waals surface area contributed by atoms with Crippen LogP contribution in [0.2, 0.25) is 0 Å². The summed E-state index contributed by atoms with van der Waals surface area (Å²) in [7, 11) is 0. The summed E-state index contributed by atoms with van der Waals surface area (Å²) < 4.78 is 5.47. The van der Waals surface area contributed by atoms with E-state index in [2.05, 4.69) is 17.2 Å². The maximum Gasteiger partial charge on any atom is 0.156 e. The Kier molecular flexibility index (Phi) is 3.36. The number of amidine groups is 1. The molecular weight excluding hydrogens is 208 g/mol. The van der Waals surface area contributed by atoms with Crippen molar-refractivity contribution in [2.45, 2.75) is 20.4 Å². The van der Waals surface area contributed by atoms with Crippen molar-refractivity contribution in [3.63, 3.8) is 0 Å². The lowest BCUT2D eigenvalue weighted by Gasteiger charge is -2.17. The predicted molar refractivity (Wildman–Crippen MR) is 64.2 cm³/mol. The van der Waals surface area contributed by atoms with Gasteiger partial charge in [0.1, 0.15) is 11.5 Å². The van der Waals surface area contributed by atoms with Crippen molar-refractivity contribution in [2.75, 3.05) is 12.3 Å². The van der Waals surface area contributed by atoms with E-state index in [0.717, 1.165) is 35.5 Å². The zero-order valence-electron chi connectivity index (χ0n) is 9.12. The molecule has 15 heavy (non-hydrogen) atoms. The number of rotatable bonds is 2. The fourth-order valence-corrected chi connectivity index (χ4v) is 2.30. The van der Waals surface area contributed by atoms with E-state index in [1.807, 2.05) is 19.1 Å². The van der Waals surface area contributed by atoms with Gasteiger partial charge in [-0.15, -0.1) is 0 Å². The van der Waals surface area contributed by atoms with Crippen molar-refractivity contribution in [3.8, 4) is 0 Å². The molecule has 1 N–H and O–H groups in total. The lowest BCUT2D eigenvalue weighted by Crippen LogP contribution is -2.25. The third-order valence-electron chi connectivity index (χ3n) is 2.26. The Morgan fingerprint density at radius 3 is 3.07 bits per heavy atom. The van der Waals surface area contributed by atoms with Crippen LogP contribution in [0.5, 0.6) is 0 Å². The molecule has 1 aliphatic rings. The van der Waals surface area contributed by atoms with E-state index in [1.165, 1.54) is 0 Å². The average molecular weight is 224 g/mol. The van der Waals surface area contributed by atoms with Crippen LogP contribution in [0.3, 0.4) is 0 Å². The Balaban J connectivity index is 1.83. The molecule has 3 nitrogen and oxygen atoms in total. The number of nitrogens with zero attached hydrogens (tertiary/aromatic N) is 1. The maximum atomic E-state index is 5.47. The Hall–Kier alpha value is -0.900. The quantitative estimate of drug-likeness (QED) is 0.838. The van der Waals surface area contributed by atoms with Crippen LogP contribution in [0.4, 0.5) is 0 Å². The molecule has 0 fully saturated rings. The molecule has 4 heteroatoms. The molecule has 0 saturated heterocycles. The molecule has 1 aliphatic heterocycles. The fraction of sp³-hybridized carbons (Fsp3) is 0.545. The van der Waals surface area contributed by atoms with Gasteiger partial charge in [-0.25, -0.2) is 0 Å². The molecule has 82 valence electrons. The van der Waals surface area contributed by atoms with Gasteiger partial charge in [-0.2, -0.15) is 0 Å². The van der Waals surface area contributed by atoms with Crippen LogP contribution < -0.4 is 5.32 Å². The monoisotopic (exact) mass is 224 g/mol. The summed E-state index contributed by atoms with van der Waals surface area (Å²) in [6.07, 6.45) is 0. The molecule has 0 amide bonds. The lowest BCUT2D eigenvalue weighted by atomic mass is 10.2. The highest BCUT2D eigenvalue weighted by Gasteiger charge is 2.11. The maximum absolute atomic E-state index is 5.47. The summed E-state index contributed by atoms with van der Waals surface area (Å²) in [5.41, 5.74) is 0. The highest BCUT2D eigenvalue weighted by atomic mass is 32.2. The van der Waals surface area contributed by atoms with E-state index in [9.17, 15) is 0 Å². The lowest BCUT2D eigenvalue weighted by molar-refractivity contribution is 0.478. The van der Waals surface area contributed by atoms with Crippen LogP contribution in [0, 0.1) is 12.8 Å². The Morgan fingerprint density at radius 1 is 1.60 bits per heavy atom. The number of aliphatic imine (C=N–C) groups is 1. The first kappa shape index (κ1) is 10.6. The van der Waals surface area contributed by atoms with Crippen LogP contribution in [-0.4, -0.2) is 17.5 Å². The van der Waals surface area contributed by atoms with Gasteiger partial charge in [0.2, 0.25) is 0 Å². The van der Waals surface area contributed by atoms with E-state index in [-0.39, 0.29) is 0 Å². The molecule has 2 rings (SSSR count). The first-order valence-corrected chi connectivity index (χ1v) is 6.19. The third kappa shape index (κ3) is 3.02. The minimum Gasteiger partial charge on any atom is -0.465 e. The van der Waals surface area contributed by atoms with Gasteiger partial charge in [0.25, 0.3) is 0 Å². The molecule has 0 spiro atoms. The zero-order valence-corrected chi connectivity index (χ0v) is 9.93. The first-order valence-electron chi connectivity index (χ1n) is 5.20. The molecular formula is C11H16N2OS. The Bertz CT molecular complexity index is 359. The minimum absolute atomic E-state index is 0.700. The molecule has 0 aromatic carbocycles. The summed E-state index contributed by atoms with van der Waals surface area (Å²) in [5.74, 6) is 3.78. The first-order chi connectivity index (χ1) is 7.24. The van der Waals surface area contributed by atoms with Gasteiger partial charge >= 0.3 is 0 Å². The second-order valence-electron chi connectivity index (χ2n) is 3.93. The zero-order chi connectivity index (χ0) is 10.7. The van der Waals surface area contributed by atoms with Crippen molar-refractivity contribution in [3.05, 3.63) is 23.7 Å². The fourth-order valence-electron chi connectivity index (χ4n) is 1.41. The number of hydrogen-bond acceptors (Lipinski definition) is 4. The summed E-state index contributed by atoms with van der Waals surface area (Å²) >= 11 is 1.79.